The highest BCUT2D eigenvalue weighted by atomic mass is 16.7. The number of amides is 2. The molecule has 4 atom stereocenters. The smallest absolute Gasteiger partial charge is 0.508 e. The quantitative estimate of drug-likeness (QED) is 0.290. The molecule has 2 aromatic rings. The van der Waals surface area contributed by atoms with Crippen LogP contribution in [0.1, 0.15) is 64.9 Å². The summed E-state index contributed by atoms with van der Waals surface area (Å²) in [6.07, 6.45) is -2.50. The number of nitrogens with zero attached hydrogens (tertiary/aromatic N) is 1. The zero-order valence-electron chi connectivity index (χ0n) is 24.2. The minimum Gasteiger partial charge on any atom is -0.508 e. The van der Waals surface area contributed by atoms with Crippen molar-refractivity contribution in [2.45, 2.75) is 84.2 Å². The summed E-state index contributed by atoms with van der Waals surface area (Å²) in [5.74, 6) is -3.63. The lowest BCUT2D eigenvalue weighted by Crippen LogP contribution is -2.60. The predicted molar refractivity (Wildman–Crippen MR) is 151 cm³/mol. The van der Waals surface area contributed by atoms with Gasteiger partial charge in [0.2, 0.25) is 5.91 Å². The van der Waals surface area contributed by atoms with Crippen LogP contribution in [0.25, 0.3) is 11.3 Å². The summed E-state index contributed by atoms with van der Waals surface area (Å²) in [6, 6.07) is 12.9. The van der Waals surface area contributed by atoms with Gasteiger partial charge >= 0.3 is 13.1 Å². The molecular formula is C29H38BN3O8. The van der Waals surface area contributed by atoms with Crippen molar-refractivity contribution in [3.8, 4) is 11.3 Å². The van der Waals surface area contributed by atoms with Gasteiger partial charge in [-0.1, -0.05) is 50.2 Å². The number of pyridine rings is 1. The van der Waals surface area contributed by atoms with Crippen LogP contribution in [-0.2, 0) is 28.4 Å². The molecule has 2 heterocycles. The van der Waals surface area contributed by atoms with E-state index in [-0.39, 0.29) is 18.0 Å². The van der Waals surface area contributed by atoms with Crippen LogP contribution in [0.5, 0.6) is 0 Å². The maximum Gasteiger partial charge on any atom is 0.551 e. The summed E-state index contributed by atoms with van der Waals surface area (Å²) in [5, 5.41) is 15.7. The molecule has 41 heavy (non-hydrogen) atoms. The third kappa shape index (κ3) is 9.39. The zero-order valence-corrected chi connectivity index (χ0v) is 24.2. The SMILES string of the molecule is CC(C)C[C@H](NC(=O)C(NC(=O)c1cccc(-c2ccccc2)n1)[C@@H](C)O)B1OC(=O)C[C@@H](C(=O)OC(C)(C)C)O1. The largest absolute Gasteiger partial charge is 0.551 e. The minimum atomic E-state index is -1.36. The Morgan fingerprint density at radius 3 is 2.37 bits per heavy atom. The Morgan fingerprint density at radius 1 is 1.07 bits per heavy atom. The number of aliphatic hydroxyl groups excluding tert-OH is 1. The second-order valence-electron chi connectivity index (χ2n) is 11.4. The average molecular weight is 567 g/mol. The van der Waals surface area contributed by atoms with Crippen molar-refractivity contribution >= 4 is 30.9 Å². The molecule has 0 spiro atoms. The topological polar surface area (TPSA) is 153 Å². The zero-order chi connectivity index (χ0) is 30.3. The number of hydrogen-bond acceptors (Lipinski definition) is 9. The van der Waals surface area contributed by atoms with Crippen LogP contribution in [0.2, 0.25) is 0 Å². The normalized spacial score (nSPS) is 17.7. The molecule has 0 bridgehead atoms. The number of nitrogens with one attached hydrogen (secondary N) is 2. The standard InChI is InChI=1S/C29H38BN3O8/c1-17(2)15-23(30-40-22(16-24(35)41-30)28(38)39-29(4,5)6)32-27(37)25(18(3)34)33-26(36)21-14-10-13-20(31-21)19-11-8-7-9-12-19/h7-14,17-18,22-23,25,34H,15-16H2,1-6H3,(H,32,37)(H,33,36)/t18-,22+,23+,25?/m1/s1. The summed E-state index contributed by atoms with van der Waals surface area (Å²) in [7, 11) is -1.28. The predicted octanol–water partition coefficient (Wildman–Crippen LogP) is 2.46. The highest BCUT2D eigenvalue weighted by Crippen LogP contribution is 2.21. The number of aliphatic hydroxyl groups is 1. The molecular weight excluding hydrogens is 529 g/mol. The maximum atomic E-state index is 13.4. The van der Waals surface area contributed by atoms with Gasteiger partial charge in [0.15, 0.2) is 6.10 Å². The number of rotatable bonds is 10. The fourth-order valence-electron chi connectivity index (χ4n) is 4.22. The van der Waals surface area contributed by atoms with Gasteiger partial charge in [-0.05, 0) is 52.2 Å². The summed E-state index contributed by atoms with van der Waals surface area (Å²) < 4.78 is 16.5. The molecule has 1 fully saturated rings. The average Bonchev–Trinajstić information content (AvgIpc) is 2.90. The number of carbonyl (C=O) groups excluding carboxylic acids is 4. The van der Waals surface area contributed by atoms with Crippen molar-refractivity contribution in [1.29, 1.82) is 0 Å². The van der Waals surface area contributed by atoms with E-state index in [2.05, 4.69) is 15.6 Å². The fraction of sp³-hybridized carbons (Fsp3) is 0.483. The number of ether oxygens (including phenoxy) is 1. The van der Waals surface area contributed by atoms with Crippen molar-refractivity contribution < 1.29 is 38.3 Å². The second kappa shape index (κ2) is 13.7. The van der Waals surface area contributed by atoms with Gasteiger partial charge in [-0.15, -0.1) is 0 Å². The van der Waals surface area contributed by atoms with Gasteiger partial charge in [0.1, 0.15) is 17.3 Å². The van der Waals surface area contributed by atoms with Crippen molar-refractivity contribution in [2.75, 3.05) is 0 Å². The highest BCUT2D eigenvalue weighted by molar-refractivity contribution is 6.50. The molecule has 12 heteroatoms. The van der Waals surface area contributed by atoms with E-state index in [9.17, 15) is 24.3 Å². The molecule has 1 aromatic carbocycles. The van der Waals surface area contributed by atoms with E-state index in [0.29, 0.717) is 12.1 Å². The first-order chi connectivity index (χ1) is 19.2. The van der Waals surface area contributed by atoms with Gasteiger partial charge in [0, 0.05) is 5.56 Å². The van der Waals surface area contributed by atoms with Crippen molar-refractivity contribution in [3.05, 3.63) is 54.2 Å². The number of aromatic nitrogens is 1. The van der Waals surface area contributed by atoms with Gasteiger partial charge in [-0.2, -0.15) is 0 Å². The van der Waals surface area contributed by atoms with Gasteiger partial charge in [0.25, 0.3) is 11.9 Å². The molecule has 220 valence electrons. The molecule has 0 aliphatic carbocycles. The molecule has 2 amide bonds. The first-order valence-corrected chi connectivity index (χ1v) is 13.6. The molecule has 11 nitrogen and oxygen atoms in total. The lowest BCUT2D eigenvalue weighted by Gasteiger charge is -2.33. The number of benzene rings is 1. The van der Waals surface area contributed by atoms with Crippen molar-refractivity contribution in [3.63, 3.8) is 0 Å². The second-order valence-corrected chi connectivity index (χ2v) is 11.4. The maximum absolute atomic E-state index is 13.4. The number of hydrogen-bond donors (Lipinski definition) is 3. The van der Waals surface area contributed by atoms with Gasteiger partial charge in [0.05, 0.1) is 24.2 Å². The summed E-state index contributed by atoms with van der Waals surface area (Å²) in [5.41, 5.74) is 0.661. The van der Waals surface area contributed by atoms with Gasteiger partial charge in [-0.3, -0.25) is 14.4 Å². The van der Waals surface area contributed by atoms with E-state index in [1.165, 1.54) is 13.0 Å². The molecule has 3 rings (SSSR count). The van der Waals surface area contributed by atoms with Crippen LogP contribution >= 0.6 is 0 Å². The highest BCUT2D eigenvalue weighted by Gasteiger charge is 2.46. The Labute approximate surface area is 240 Å². The lowest BCUT2D eigenvalue weighted by molar-refractivity contribution is -0.171. The van der Waals surface area contributed by atoms with E-state index in [4.69, 9.17) is 14.0 Å². The van der Waals surface area contributed by atoms with E-state index in [0.717, 1.165) is 5.56 Å². The van der Waals surface area contributed by atoms with Crippen LogP contribution in [-0.4, -0.2) is 70.8 Å². The summed E-state index contributed by atoms with van der Waals surface area (Å²) in [6.45, 7) is 10.3. The molecule has 3 N–H and O–H groups in total. The van der Waals surface area contributed by atoms with E-state index < -0.39 is 60.7 Å². The number of esters is 1. The van der Waals surface area contributed by atoms with E-state index in [1.54, 1.807) is 32.9 Å². The Morgan fingerprint density at radius 2 is 1.76 bits per heavy atom. The van der Waals surface area contributed by atoms with Gasteiger partial charge < -0.3 is 29.8 Å². The van der Waals surface area contributed by atoms with Crippen LogP contribution < -0.4 is 10.6 Å². The Balaban J connectivity index is 1.75. The lowest BCUT2D eigenvalue weighted by atomic mass is 9.72. The monoisotopic (exact) mass is 567 g/mol. The molecule has 1 aliphatic rings. The first-order valence-electron chi connectivity index (χ1n) is 13.6. The third-order valence-electron chi connectivity index (χ3n) is 6.05. The van der Waals surface area contributed by atoms with Crippen LogP contribution in [0, 0.1) is 5.92 Å². The molecule has 1 aromatic heterocycles. The van der Waals surface area contributed by atoms with E-state index in [1.807, 2.05) is 44.2 Å². The van der Waals surface area contributed by atoms with Crippen molar-refractivity contribution in [2.24, 2.45) is 5.92 Å². The molecule has 1 unspecified atom stereocenters. The number of carbonyl (C=O) groups is 4. The fourth-order valence-corrected chi connectivity index (χ4v) is 4.22. The first kappa shape index (κ1) is 31.8. The Kier molecular flexibility index (Phi) is 10.6. The molecule has 1 saturated heterocycles. The Bertz CT molecular complexity index is 1230. The molecule has 0 radical (unpaired) electrons. The Hall–Kier alpha value is -3.77. The van der Waals surface area contributed by atoms with Crippen LogP contribution in [0.3, 0.4) is 0 Å². The summed E-state index contributed by atoms with van der Waals surface area (Å²) in [4.78, 5) is 55.8. The van der Waals surface area contributed by atoms with Crippen molar-refractivity contribution in [1.82, 2.24) is 15.6 Å². The van der Waals surface area contributed by atoms with E-state index >= 15 is 0 Å². The molecule has 0 saturated carbocycles. The van der Waals surface area contributed by atoms with Crippen LogP contribution in [0.4, 0.5) is 0 Å². The minimum absolute atomic E-state index is 0.0222. The third-order valence-corrected chi connectivity index (χ3v) is 6.05. The van der Waals surface area contributed by atoms with Gasteiger partial charge in [-0.25, -0.2) is 9.78 Å². The molecule has 1 aliphatic heterocycles. The summed E-state index contributed by atoms with van der Waals surface area (Å²) >= 11 is 0. The van der Waals surface area contributed by atoms with Crippen LogP contribution in [0.15, 0.2) is 48.5 Å².